The number of aromatic nitrogens is 1. The number of carbonyl (C=O) groups excluding carboxylic acids is 3. The minimum absolute atomic E-state index is 0.0192. The van der Waals surface area contributed by atoms with Gasteiger partial charge >= 0.3 is 0 Å². The molecular formula is C21H26N4O6S. The van der Waals surface area contributed by atoms with Crippen LogP contribution in [0.25, 0.3) is 0 Å². The largest absolute Gasteiger partial charge is 0.449 e. The molecule has 0 spiro atoms. The lowest BCUT2D eigenvalue weighted by molar-refractivity contribution is -0.140. The van der Waals surface area contributed by atoms with Crippen molar-refractivity contribution in [1.82, 2.24) is 20.3 Å². The summed E-state index contributed by atoms with van der Waals surface area (Å²) in [6.45, 7) is 3.53. The van der Waals surface area contributed by atoms with Gasteiger partial charge in [0.05, 0.1) is 16.6 Å². The first-order valence-corrected chi connectivity index (χ1v) is 11.8. The lowest BCUT2D eigenvalue weighted by atomic mass is 10.0. The molecule has 2 heterocycles. The zero-order valence-corrected chi connectivity index (χ0v) is 18.6. The summed E-state index contributed by atoms with van der Waals surface area (Å²) in [6.07, 6.45) is 2.23. The van der Waals surface area contributed by atoms with Crippen molar-refractivity contribution in [3.63, 3.8) is 0 Å². The molecule has 1 aromatic carbocycles. The third kappa shape index (κ3) is 5.80. The molecule has 11 heteroatoms. The fraction of sp³-hybridized carbons (Fsp3) is 0.429. The van der Waals surface area contributed by atoms with Crippen LogP contribution in [-0.4, -0.2) is 49.6 Å². The molecule has 0 aliphatic carbocycles. The van der Waals surface area contributed by atoms with Crippen molar-refractivity contribution in [2.45, 2.75) is 50.1 Å². The number of ketones is 1. The number of sulfonamides is 1. The van der Waals surface area contributed by atoms with Crippen molar-refractivity contribution in [2.75, 3.05) is 6.54 Å². The van der Waals surface area contributed by atoms with Crippen LogP contribution in [0.3, 0.4) is 0 Å². The predicted molar refractivity (Wildman–Crippen MR) is 114 cm³/mol. The summed E-state index contributed by atoms with van der Waals surface area (Å²) in [5.41, 5.74) is 0.603. The molecule has 0 saturated heterocycles. The van der Waals surface area contributed by atoms with Crippen LogP contribution in [0.2, 0.25) is 0 Å². The lowest BCUT2D eigenvalue weighted by Crippen LogP contribution is -2.55. The van der Waals surface area contributed by atoms with Crippen molar-refractivity contribution in [1.29, 1.82) is 0 Å². The highest BCUT2D eigenvalue weighted by Crippen LogP contribution is 2.13. The molecule has 2 atom stereocenters. The maximum atomic E-state index is 13.0. The van der Waals surface area contributed by atoms with Crippen molar-refractivity contribution >= 4 is 27.6 Å². The van der Waals surface area contributed by atoms with E-state index in [4.69, 9.17) is 4.42 Å². The molecule has 3 rings (SSSR count). The molecule has 1 aliphatic heterocycles. The van der Waals surface area contributed by atoms with E-state index < -0.39 is 45.6 Å². The van der Waals surface area contributed by atoms with Gasteiger partial charge in [-0.2, -0.15) is 4.72 Å². The van der Waals surface area contributed by atoms with Gasteiger partial charge in [-0.25, -0.2) is 13.4 Å². The van der Waals surface area contributed by atoms with Crippen LogP contribution in [-0.2, 0) is 37.2 Å². The van der Waals surface area contributed by atoms with E-state index in [2.05, 4.69) is 20.3 Å². The molecule has 1 aromatic heterocycles. The monoisotopic (exact) mass is 462 g/mol. The summed E-state index contributed by atoms with van der Waals surface area (Å²) in [7, 11) is -3.97. The van der Waals surface area contributed by atoms with Crippen LogP contribution in [0, 0.1) is 5.92 Å². The first kappa shape index (κ1) is 23.6. The molecule has 2 amide bonds. The number of Topliss-reactive ketones (excluding diaryl/α,β-unsaturated/α-hetero) is 1. The first-order valence-electron chi connectivity index (χ1n) is 10.3. The lowest BCUT2D eigenvalue weighted by Gasteiger charge is -2.24. The Morgan fingerprint density at radius 2 is 1.91 bits per heavy atom. The van der Waals surface area contributed by atoms with E-state index in [1.54, 1.807) is 32.0 Å². The predicted octanol–water partition coefficient (Wildman–Crippen LogP) is 0.337. The zero-order chi connectivity index (χ0) is 23.3. The zero-order valence-electron chi connectivity index (χ0n) is 17.8. The Labute approximate surface area is 186 Å². The number of carbonyl (C=O) groups is 3. The van der Waals surface area contributed by atoms with Gasteiger partial charge in [-0.15, -0.1) is 0 Å². The highest BCUT2D eigenvalue weighted by atomic mass is 32.2. The number of amides is 2. The first-order chi connectivity index (χ1) is 15.2. The Balaban J connectivity index is 1.77. The summed E-state index contributed by atoms with van der Waals surface area (Å²) < 4.78 is 33.1. The van der Waals surface area contributed by atoms with E-state index in [1.165, 1.54) is 18.4 Å². The Hall–Kier alpha value is -3.05. The third-order valence-corrected chi connectivity index (χ3v) is 6.51. The molecular weight excluding hydrogens is 436 g/mol. The van der Waals surface area contributed by atoms with Gasteiger partial charge in [0.15, 0.2) is 5.89 Å². The van der Waals surface area contributed by atoms with Gasteiger partial charge in [0.2, 0.25) is 21.7 Å². The minimum atomic E-state index is -3.97. The molecule has 172 valence electrons. The van der Waals surface area contributed by atoms with Gasteiger partial charge in [-0.3, -0.25) is 14.4 Å². The van der Waals surface area contributed by atoms with E-state index in [9.17, 15) is 22.8 Å². The Morgan fingerprint density at radius 1 is 1.19 bits per heavy atom. The molecule has 2 aromatic rings. The Morgan fingerprint density at radius 3 is 2.59 bits per heavy atom. The van der Waals surface area contributed by atoms with E-state index >= 15 is 0 Å². The normalized spacial score (nSPS) is 18.5. The van der Waals surface area contributed by atoms with Crippen LogP contribution in [0.15, 0.2) is 45.9 Å². The quantitative estimate of drug-likeness (QED) is 0.524. The molecule has 0 saturated carbocycles. The van der Waals surface area contributed by atoms with Crippen molar-refractivity contribution in [3.05, 3.63) is 48.2 Å². The average Bonchev–Trinajstić information content (AvgIpc) is 3.21. The van der Waals surface area contributed by atoms with Crippen molar-refractivity contribution < 1.29 is 27.2 Å². The summed E-state index contributed by atoms with van der Waals surface area (Å²) in [5, 5.41) is 5.05. The summed E-state index contributed by atoms with van der Waals surface area (Å²) in [4.78, 5) is 42.2. The fourth-order valence-electron chi connectivity index (χ4n) is 3.26. The topological polar surface area (TPSA) is 147 Å². The highest BCUT2D eigenvalue weighted by molar-refractivity contribution is 7.89. The number of hydrogen-bond donors (Lipinski definition) is 3. The van der Waals surface area contributed by atoms with Crippen molar-refractivity contribution in [2.24, 2.45) is 5.92 Å². The second-order valence-corrected chi connectivity index (χ2v) is 9.57. The van der Waals surface area contributed by atoms with Gasteiger partial charge in [-0.05, 0) is 30.9 Å². The SMILES string of the molecule is CC(C)C(NS(=O)(=O)c1ccccc1)C(=O)NC1CCc2coc(n2)CCNC(=O)C1=O. The van der Waals surface area contributed by atoms with Gasteiger partial charge in [0, 0.05) is 13.0 Å². The van der Waals surface area contributed by atoms with E-state index in [1.807, 2.05) is 0 Å². The molecule has 0 fully saturated rings. The van der Waals surface area contributed by atoms with Gasteiger partial charge in [-0.1, -0.05) is 32.0 Å². The third-order valence-electron chi connectivity index (χ3n) is 5.05. The number of fused-ring (bicyclic) bond motifs is 2. The number of hydrogen-bond acceptors (Lipinski definition) is 7. The molecule has 1 aliphatic rings. The number of rotatable bonds is 6. The van der Waals surface area contributed by atoms with Gasteiger partial charge < -0.3 is 15.1 Å². The fourth-order valence-corrected chi connectivity index (χ4v) is 4.62. The van der Waals surface area contributed by atoms with Crippen LogP contribution in [0.4, 0.5) is 0 Å². The average molecular weight is 463 g/mol. The number of aryl methyl sites for hydroxylation is 1. The maximum Gasteiger partial charge on any atom is 0.289 e. The smallest absolute Gasteiger partial charge is 0.289 e. The van der Waals surface area contributed by atoms with Crippen molar-refractivity contribution in [3.8, 4) is 0 Å². The summed E-state index contributed by atoms with van der Waals surface area (Å²) >= 11 is 0. The molecule has 3 N–H and O–H groups in total. The number of nitrogens with one attached hydrogen (secondary N) is 3. The van der Waals surface area contributed by atoms with Crippen LogP contribution >= 0.6 is 0 Å². The number of benzene rings is 1. The standard InChI is InChI=1S/C21H26N4O6S/c1-13(2)18(25-32(29,30)15-6-4-3-5-7-15)20(27)24-16-9-8-14-12-31-17(23-14)10-11-22-21(28)19(16)26/h3-7,12-13,16,18,25H,8-11H2,1-2H3,(H,22,28)(H,24,27). The van der Waals surface area contributed by atoms with E-state index in [0.29, 0.717) is 24.4 Å². The van der Waals surface area contributed by atoms with Crippen LogP contribution in [0.5, 0.6) is 0 Å². The molecule has 2 bridgehead atoms. The Kier molecular flexibility index (Phi) is 7.41. The van der Waals surface area contributed by atoms with Crippen LogP contribution < -0.4 is 15.4 Å². The number of nitrogens with zero attached hydrogens (tertiary/aromatic N) is 1. The summed E-state index contributed by atoms with van der Waals surface area (Å²) in [5.74, 6) is -2.28. The van der Waals surface area contributed by atoms with Crippen LogP contribution in [0.1, 0.15) is 31.9 Å². The highest BCUT2D eigenvalue weighted by Gasteiger charge is 2.33. The van der Waals surface area contributed by atoms with Gasteiger partial charge in [0.1, 0.15) is 12.3 Å². The summed E-state index contributed by atoms with van der Waals surface area (Å²) in [6, 6.07) is 5.39. The van der Waals surface area contributed by atoms with E-state index in [0.717, 1.165) is 0 Å². The van der Waals surface area contributed by atoms with Gasteiger partial charge in [0.25, 0.3) is 5.91 Å². The minimum Gasteiger partial charge on any atom is -0.449 e. The molecule has 10 nitrogen and oxygen atoms in total. The second kappa shape index (κ2) is 10.0. The Bertz CT molecular complexity index is 1080. The second-order valence-electron chi connectivity index (χ2n) is 7.86. The molecule has 2 unspecified atom stereocenters. The number of oxazole rings is 1. The molecule has 0 radical (unpaired) electrons. The molecule has 32 heavy (non-hydrogen) atoms. The van der Waals surface area contributed by atoms with E-state index in [-0.39, 0.29) is 17.9 Å². The maximum absolute atomic E-state index is 13.0.